The van der Waals surface area contributed by atoms with E-state index in [4.69, 9.17) is 5.73 Å². The van der Waals surface area contributed by atoms with E-state index in [0.29, 0.717) is 11.8 Å². The summed E-state index contributed by atoms with van der Waals surface area (Å²) in [5.41, 5.74) is 15.9. The van der Waals surface area contributed by atoms with Gasteiger partial charge in [-0.3, -0.25) is 0 Å². The van der Waals surface area contributed by atoms with Gasteiger partial charge >= 0.3 is 0 Å². The van der Waals surface area contributed by atoms with E-state index >= 15 is 0 Å². The molecule has 1 saturated carbocycles. The molecule has 5 aliphatic carbocycles. The van der Waals surface area contributed by atoms with Crippen LogP contribution in [-0.2, 0) is 0 Å². The molecule has 0 heterocycles. The van der Waals surface area contributed by atoms with E-state index < -0.39 is 0 Å². The van der Waals surface area contributed by atoms with E-state index in [-0.39, 0.29) is 21.8 Å². The van der Waals surface area contributed by atoms with Gasteiger partial charge in [-0.1, -0.05) is 81.9 Å². The predicted octanol–water partition coefficient (Wildman–Crippen LogP) is 6.98. The molecule has 0 saturated heterocycles. The minimum atomic E-state index is -0.194. The van der Waals surface area contributed by atoms with Crippen LogP contribution >= 0.6 is 0 Å². The molecule has 2 N–H and O–H groups in total. The minimum Gasteiger partial charge on any atom is -0.325 e. The molecule has 158 valence electrons. The van der Waals surface area contributed by atoms with Gasteiger partial charge < -0.3 is 5.73 Å². The Bertz CT molecular complexity index is 1040. The molecule has 3 unspecified atom stereocenters. The Morgan fingerprint density at radius 2 is 1.87 bits per heavy atom. The Kier molecular flexibility index (Phi) is 3.94. The molecule has 5 rings (SSSR count). The predicted molar refractivity (Wildman–Crippen MR) is 128 cm³/mol. The van der Waals surface area contributed by atoms with Gasteiger partial charge in [-0.15, -0.1) is 0 Å². The average molecular weight is 400 g/mol. The molecule has 0 aromatic rings. The first-order valence-electron chi connectivity index (χ1n) is 11.7. The number of allylic oxidation sites excluding steroid dienone is 13. The van der Waals surface area contributed by atoms with Gasteiger partial charge in [-0.05, 0) is 73.3 Å². The largest absolute Gasteiger partial charge is 0.325 e. The van der Waals surface area contributed by atoms with Gasteiger partial charge in [-0.25, -0.2) is 0 Å². The normalized spacial score (nSPS) is 37.9. The molecule has 1 spiro atoms. The lowest BCUT2D eigenvalue weighted by Gasteiger charge is -2.35. The van der Waals surface area contributed by atoms with Crippen LogP contribution in [0.5, 0.6) is 0 Å². The van der Waals surface area contributed by atoms with E-state index in [0.717, 1.165) is 6.42 Å². The third kappa shape index (κ3) is 2.51. The average Bonchev–Trinajstić information content (AvgIpc) is 3.31. The van der Waals surface area contributed by atoms with Crippen LogP contribution in [-0.4, -0.2) is 5.54 Å². The molecule has 3 atom stereocenters. The number of nitrogens with two attached hydrogens (primary N) is 1. The molecule has 0 bridgehead atoms. The Labute approximate surface area is 182 Å². The fraction of sp³-hybridized carbons (Fsp3) is 0.517. The molecular weight excluding hydrogens is 362 g/mol. The Morgan fingerprint density at radius 3 is 2.53 bits per heavy atom. The lowest BCUT2D eigenvalue weighted by molar-refractivity contribution is 0.358. The van der Waals surface area contributed by atoms with Gasteiger partial charge in [0, 0.05) is 21.8 Å². The first-order valence-corrected chi connectivity index (χ1v) is 11.7. The van der Waals surface area contributed by atoms with Gasteiger partial charge in [0.1, 0.15) is 0 Å². The van der Waals surface area contributed by atoms with Crippen LogP contribution < -0.4 is 5.73 Å². The molecule has 5 aliphatic rings. The van der Waals surface area contributed by atoms with Crippen LogP contribution in [0, 0.1) is 28.1 Å². The third-order valence-electron chi connectivity index (χ3n) is 8.62. The summed E-state index contributed by atoms with van der Waals surface area (Å²) in [6, 6.07) is 0. The van der Waals surface area contributed by atoms with Crippen molar-refractivity contribution in [2.45, 2.75) is 66.8 Å². The molecule has 30 heavy (non-hydrogen) atoms. The van der Waals surface area contributed by atoms with Crippen molar-refractivity contribution in [2.24, 2.45) is 33.8 Å². The lowest BCUT2D eigenvalue weighted by Crippen LogP contribution is -2.41. The maximum absolute atomic E-state index is 6.52. The fourth-order valence-corrected chi connectivity index (χ4v) is 6.74. The van der Waals surface area contributed by atoms with E-state index in [1.54, 1.807) is 16.7 Å². The minimum absolute atomic E-state index is 0.0361. The number of hydrogen-bond acceptors (Lipinski definition) is 1. The summed E-state index contributed by atoms with van der Waals surface area (Å²) in [7, 11) is 0. The molecule has 1 heteroatoms. The van der Waals surface area contributed by atoms with Crippen molar-refractivity contribution in [3.63, 3.8) is 0 Å². The van der Waals surface area contributed by atoms with Crippen LogP contribution in [0.3, 0.4) is 0 Å². The highest BCUT2D eigenvalue weighted by Gasteiger charge is 2.63. The third-order valence-corrected chi connectivity index (χ3v) is 8.62. The van der Waals surface area contributed by atoms with Gasteiger partial charge in [0.15, 0.2) is 0 Å². The summed E-state index contributed by atoms with van der Waals surface area (Å²) in [4.78, 5) is 0. The second kappa shape index (κ2) is 5.88. The van der Waals surface area contributed by atoms with Crippen molar-refractivity contribution in [1.82, 2.24) is 0 Å². The Morgan fingerprint density at radius 1 is 1.13 bits per heavy atom. The maximum atomic E-state index is 6.52. The van der Waals surface area contributed by atoms with Crippen LogP contribution in [0.25, 0.3) is 0 Å². The molecule has 1 nitrogen and oxygen atoms in total. The Balaban J connectivity index is 1.59. The SMILES string of the molecule is C/C=C1/C2=C(CC(C(C)(C)N)C=C2)C(C)(C)/C1=C/C1=CC(C)(C)C2=CC=CC3CC123. The second-order valence-electron chi connectivity index (χ2n) is 11.8. The lowest BCUT2D eigenvalue weighted by atomic mass is 9.72. The van der Waals surface area contributed by atoms with E-state index in [9.17, 15) is 0 Å². The first kappa shape index (κ1) is 20.1. The second-order valence-corrected chi connectivity index (χ2v) is 11.8. The van der Waals surface area contributed by atoms with Crippen LogP contribution in [0.1, 0.15) is 61.3 Å². The van der Waals surface area contributed by atoms with Gasteiger partial charge in [0.25, 0.3) is 0 Å². The van der Waals surface area contributed by atoms with Crippen LogP contribution in [0.4, 0.5) is 0 Å². The van der Waals surface area contributed by atoms with Gasteiger partial charge in [0.05, 0.1) is 0 Å². The van der Waals surface area contributed by atoms with Crippen molar-refractivity contribution in [3.05, 3.63) is 82.0 Å². The molecule has 0 amide bonds. The number of rotatable bonds is 2. The standard InChI is InChI=1S/C29H37N/c1-8-21-22-13-12-18(28(6,7)30)14-24(22)27(4,5)23(21)15-20-16-26(2,3)25-11-9-10-19-17-29(19,20)25/h8-13,15-16,18-19H,14,17,30H2,1-7H3/b21-8-,23-15+. The Hall–Kier alpha value is -1.86. The molecule has 0 aromatic heterocycles. The quantitative estimate of drug-likeness (QED) is 0.532. The topological polar surface area (TPSA) is 26.0 Å². The summed E-state index contributed by atoms with van der Waals surface area (Å²) in [6.07, 6.45) is 21.6. The summed E-state index contributed by atoms with van der Waals surface area (Å²) >= 11 is 0. The highest BCUT2D eigenvalue weighted by Crippen LogP contribution is 2.72. The van der Waals surface area contributed by atoms with E-state index in [1.165, 1.54) is 23.1 Å². The van der Waals surface area contributed by atoms with Crippen LogP contribution in [0.15, 0.2) is 82.0 Å². The maximum Gasteiger partial charge on any atom is 0.0239 e. The fourth-order valence-electron chi connectivity index (χ4n) is 6.74. The summed E-state index contributed by atoms with van der Waals surface area (Å²) in [5.74, 6) is 1.08. The van der Waals surface area contributed by atoms with Crippen molar-refractivity contribution >= 4 is 0 Å². The van der Waals surface area contributed by atoms with Gasteiger partial charge in [-0.2, -0.15) is 0 Å². The molecule has 0 aliphatic heterocycles. The molecular formula is C29H37N. The summed E-state index contributed by atoms with van der Waals surface area (Å²) < 4.78 is 0. The smallest absolute Gasteiger partial charge is 0.0239 e. The van der Waals surface area contributed by atoms with Gasteiger partial charge in [0.2, 0.25) is 0 Å². The van der Waals surface area contributed by atoms with Crippen molar-refractivity contribution in [2.75, 3.05) is 0 Å². The highest BCUT2D eigenvalue weighted by molar-refractivity contribution is 5.69. The molecule has 0 aromatic carbocycles. The van der Waals surface area contributed by atoms with Crippen LogP contribution in [0.2, 0.25) is 0 Å². The summed E-state index contributed by atoms with van der Waals surface area (Å²) in [5, 5.41) is 0. The summed E-state index contributed by atoms with van der Waals surface area (Å²) in [6.45, 7) is 16.1. The van der Waals surface area contributed by atoms with E-state index in [2.05, 4.69) is 97.1 Å². The number of hydrogen-bond donors (Lipinski definition) is 1. The van der Waals surface area contributed by atoms with Crippen molar-refractivity contribution < 1.29 is 0 Å². The first-order chi connectivity index (χ1) is 13.9. The molecule has 1 fully saturated rings. The van der Waals surface area contributed by atoms with E-state index in [1.807, 2.05) is 0 Å². The van der Waals surface area contributed by atoms with Crippen molar-refractivity contribution in [3.8, 4) is 0 Å². The highest BCUT2D eigenvalue weighted by atomic mass is 14.7. The van der Waals surface area contributed by atoms with Crippen molar-refractivity contribution in [1.29, 1.82) is 0 Å². The zero-order chi connectivity index (χ0) is 21.7. The monoisotopic (exact) mass is 399 g/mol. The zero-order valence-electron chi connectivity index (χ0n) is 19.8. The molecule has 0 radical (unpaired) electrons. The zero-order valence-corrected chi connectivity index (χ0v) is 19.8.